The predicted octanol–water partition coefficient (Wildman–Crippen LogP) is 0.156. The van der Waals surface area contributed by atoms with Gasteiger partial charge in [-0.1, -0.05) is 0 Å². The monoisotopic (exact) mass is 244 g/mol. The van der Waals surface area contributed by atoms with Gasteiger partial charge in [-0.05, 0) is 39.2 Å². The fraction of sp³-hybridized carbons (Fsp3) is 0.909. The summed E-state index contributed by atoms with van der Waals surface area (Å²) < 4.78 is 11.2. The Morgan fingerprint density at radius 3 is 2.69 bits per heavy atom. The van der Waals surface area contributed by atoms with Gasteiger partial charge in [0, 0.05) is 28.3 Å². The molecular formula is C11H20N2O2S. The van der Waals surface area contributed by atoms with E-state index in [0.717, 1.165) is 43.7 Å². The van der Waals surface area contributed by atoms with E-state index in [0.29, 0.717) is 0 Å². The van der Waals surface area contributed by atoms with Crippen molar-refractivity contribution in [1.82, 2.24) is 10.6 Å². The molecule has 0 aromatic rings. The standard InChI is InChI=1S/C11H20N2O2S/c1-11(5-2-6-12-11)10(14)13-9-3-7-16(15)8-4-9/h9,12H,2-8H2,1H3,(H,13,14). The summed E-state index contributed by atoms with van der Waals surface area (Å²) in [7, 11) is -0.655. The van der Waals surface area contributed by atoms with Crippen molar-refractivity contribution in [1.29, 1.82) is 0 Å². The highest BCUT2D eigenvalue weighted by Gasteiger charge is 2.37. The topological polar surface area (TPSA) is 58.2 Å². The van der Waals surface area contributed by atoms with E-state index in [1.807, 2.05) is 6.92 Å². The third-order valence-corrected chi connectivity index (χ3v) is 4.98. The zero-order valence-electron chi connectivity index (χ0n) is 9.75. The molecule has 2 rings (SSSR count). The van der Waals surface area contributed by atoms with Crippen LogP contribution in [0.4, 0.5) is 0 Å². The smallest absolute Gasteiger partial charge is 0.240 e. The Balaban J connectivity index is 1.85. The van der Waals surface area contributed by atoms with Gasteiger partial charge in [-0.2, -0.15) is 0 Å². The van der Waals surface area contributed by atoms with E-state index in [4.69, 9.17) is 0 Å². The molecule has 92 valence electrons. The second-order valence-electron chi connectivity index (χ2n) is 4.96. The van der Waals surface area contributed by atoms with Gasteiger partial charge in [-0.15, -0.1) is 0 Å². The minimum absolute atomic E-state index is 0.114. The molecule has 1 amide bonds. The van der Waals surface area contributed by atoms with Crippen molar-refractivity contribution in [3.8, 4) is 0 Å². The summed E-state index contributed by atoms with van der Waals surface area (Å²) in [6, 6.07) is 0.226. The Hall–Kier alpha value is -0.420. The third kappa shape index (κ3) is 2.63. The first kappa shape index (κ1) is 12.0. The minimum Gasteiger partial charge on any atom is -0.352 e. The van der Waals surface area contributed by atoms with Crippen LogP contribution in [0.15, 0.2) is 0 Å². The molecule has 16 heavy (non-hydrogen) atoms. The molecule has 0 aromatic heterocycles. The summed E-state index contributed by atoms with van der Waals surface area (Å²) in [6.07, 6.45) is 3.69. The molecule has 2 heterocycles. The van der Waals surface area contributed by atoms with Gasteiger partial charge < -0.3 is 10.6 Å². The van der Waals surface area contributed by atoms with E-state index in [-0.39, 0.29) is 17.5 Å². The number of amides is 1. The molecule has 1 unspecified atom stereocenters. The van der Waals surface area contributed by atoms with Crippen LogP contribution in [-0.4, -0.2) is 39.7 Å². The van der Waals surface area contributed by atoms with Gasteiger partial charge in [-0.3, -0.25) is 9.00 Å². The van der Waals surface area contributed by atoms with E-state index in [9.17, 15) is 9.00 Å². The van der Waals surface area contributed by atoms with Crippen LogP contribution in [0.3, 0.4) is 0 Å². The van der Waals surface area contributed by atoms with E-state index >= 15 is 0 Å². The molecule has 0 aliphatic carbocycles. The lowest BCUT2D eigenvalue weighted by molar-refractivity contribution is -0.127. The number of rotatable bonds is 2. The molecule has 5 heteroatoms. The third-order valence-electron chi connectivity index (χ3n) is 3.59. The fourth-order valence-electron chi connectivity index (χ4n) is 2.37. The lowest BCUT2D eigenvalue weighted by Crippen LogP contribution is -2.54. The van der Waals surface area contributed by atoms with Crippen LogP contribution in [-0.2, 0) is 15.6 Å². The second kappa shape index (κ2) is 4.84. The Labute approximate surface area is 99.0 Å². The first-order chi connectivity index (χ1) is 7.60. The summed E-state index contributed by atoms with van der Waals surface area (Å²) in [4.78, 5) is 12.1. The molecule has 4 nitrogen and oxygen atoms in total. The maximum Gasteiger partial charge on any atom is 0.240 e. The first-order valence-electron chi connectivity index (χ1n) is 6.01. The van der Waals surface area contributed by atoms with E-state index < -0.39 is 10.8 Å². The summed E-state index contributed by atoms with van der Waals surface area (Å²) in [6.45, 7) is 2.90. The Kier molecular flexibility index (Phi) is 3.64. The Morgan fingerprint density at radius 1 is 1.44 bits per heavy atom. The zero-order chi connectivity index (χ0) is 11.6. The van der Waals surface area contributed by atoms with Gasteiger partial charge in [0.2, 0.25) is 5.91 Å². The highest BCUT2D eigenvalue weighted by atomic mass is 32.2. The van der Waals surface area contributed by atoms with Gasteiger partial charge in [0.25, 0.3) is 0 Å². The van der Waals surface area contributed by atoms with E-state index in [1.165, 1.54) is 0 Å². The average Bonchev–Trinajstić information content (AvgIpc) is 2.70. The fourth-order valence-corrected chi connectivity index (χ4v) is 3.67. The highest BCUT2D eigenvalue weighted by Crippen LogP contribution is 2.19. The molecule has 0 aromatic carbocycles. The van der Waals surface area contributed by atoms with Crippen LogP contribution in [0.2, 0.25) is 0 Å². The molecule has 2 saturated heterocycles. The highest BCUT2D eigenvalue weighted by molar-refractivity contribution is 7.85. The Morgan fingerprint density at radius 2 is 2.12 bits per heavy atom. The van der Waals surface area contributed by atoms with Crippen LogP contribution >= 0.6 is 0 Å². The van der Waals surface area contributed by atoms with Gasteiger partial charge >= 0.3 is 0 Å². The molecule has 0 saturated carbocycles. The molecule has 2 aliphatic heterocycles. The van der Waals surface area contributed by atoms with Crippen molar-refractivity contribution in [3.63, 3.8) is 0 Å². The van der Waals surface area contributed by atoms with E-state index in [2.05, 4.69) is 10.6 Å². The molecular weight excluding hydrogens is 224 g/mol. The minimum atomic E-state index is -0.655. The largest absolute Gasteiger partial charge is 0.352 e. The van der Waals surface area contributed by atoms with Gasteiger partial charge in [0.1, 0.15) is 0 Å². The SMILES string of the molecule is CC1(C(=O)NC2CCS(=O)CC2)CCCN1. The Bertz CT molecular complexity index is 290. The van der Waals surface area contributed by atoms with Crippen molar-refractivity contribution in [2.45, 2.75) is 44.2 Å². The molecule has 2 N–H and O–H groups in total. The normalized spacial score (nSPS) is 39.6. The maximum atomic E-state index is 12.1. The van der Waals surface area contributed by atoms with Crippen LogP contribution < -0.4 is 10.6 Å². The van der Waals surface area contributed by atoms with Crippen LogP contribution in [0.1, 0.15) is 32.6 Å². The van der Waals surface area contributed by atoms with Crippen molar-refractivity contribution in [2.24, 2.45) is 0 Å². The van der Waals surface area contributed by atoms with Crippen molar-refractivity contribution in [2.75, 3.05) is 18.1 Å². The molecule has 2 fully saturated rings. The van der Waals surface area contributed by atoms with Crippen molar-refractivity contribution in [3.05, 3.63) is 0 Å². The van der Waals surface area contributed by atoms with Gasteiger partial charge in [0.15, 0.2) is 0 Å². The number of hydrogen-bond donors (Lipinski definition) is 2. The average molecular weight is 244 g/mol. The van der Waals surface area contributed by atoms with Crippen LogP contribution in [0, 0.1) is 0 Å². The number of carbonyl (C=O) groups excluding carboxylic acids is 1. The first-order valence-corrected chi connectivity index (χ1v) is 7.50. The summed E-state index contributed by atoms with van der Waals surface area (Å²) >= 11 is 0. The van der Waals surface area contributed by atoms with Crippen molar-refractivity contribution < 1.29 is 9.00 Å². The van der Waals surface area contributed by atoms with Crippen LogP contribution in [0.25, 0.3) is 0 Å². The van der Waals surface area contributed by atoms with Crippen LogP contribution in [0.5, 0.6) is 0 Å². The number of nitrogens with one attached hydrogen (secondary N) is 2. The van der Waals surface area contributed by atoms with Gasteiger partial charge in [-0.25, -0.2) is 0 Å². The summed E-state index contributed by atoms with van der Waals surface area (Å²) in [5.41, 5.74) is -0.378. The molecule has 0 spiro atoms. The zero-order valence-corrected chi connectivity index (χ0v) is 10.6. The molecule has 2 aliphatic rings. The lowest BCUT2D eigenvalue weighted by atomic mass is 9.98. The van der Waals surface area contributed by atoms with Crippen molar-refractivity contribution >= 4 is 16.7 Å². The maximum absolute atomic E-state index is 12.1. The van der Waals surface area contributed by atoms with Gasteiger partial charge in [0.05, 0.1) is 5.54 Å². The summed E-state index contributed by atoms with van der Waals surface area (Å²) in [5.74, 6) is 1.58. The second-order valence-corrected chi connectivity index (χ2v) is 6.65. The number of hydrogen-bond acceptors (Lipinski definition) is 3. The molecule has 1 atom stereocenters. The molecule has 0 bridgehead atoms. The summed E-state index contributed by atoms with van der Waals surface area (Å²) in [5, 5.41) is 6.35. The quantitative estimate of drug-likeness (QED) is 0.727. The number of carbonyl (C=O) groups is 1. The predicted molar refractivity (Wildman–Crippen MR) is 64.7 cm³/mol. The lowest BCUT2D eigenvalue weighted by Gasteiger charge is -2.29. The van der Waals surface area contributed by atoms with E-state index in [1.54, 1.807) is 0 Å². The molecule has 0 radical (unpaired) electrons.